The van der Waals surface area contributed by atoms with Gasteiger partial charge in [0.15, 0.2) is 0 Å². The first-order valence-corrected chi connectivity index (χ1v) is 10.2. The van der Waals surface area contributed by atoms with Crippen molar-refractivity contribution < 1.29 is 8.42 Å². The summed E-state index contributed by atoms with van der Waals surface area (Å²) in [4.78, 5) is 5.11. The molecule has 0 bridgehead atoms. The van der Waals surface area contributed by atoms with Gasteiger partial charge in [0.2, 0.25) is 10.0 Å². The Bertz CT molecular complexity index is 853. The number of aryl methyl sites for hydroxylation is 2. The van der Waals surface area contributed by atoms with E-state index in [2.05, 4.69) is 11.5 Å². The second-order valence-electron chi connectivity index (χ2n) is 6.62. The second-order valence-corrected chi connectivity index (χ2v) is 8.55. The van der Waals surface area contributed by atoms with Gasteiger partial charge in [0.1, 0.15) is 5.82 Å². The topological polar surface area (TPSA) is 55.2 Å². The standard InChI is InChI=1S/C18H23N3O2S/c1-2-14-7-9-15(10-8-14)24(22,23)20-11-12-21-17-6-4-3-5-16(17)19-18(21)13-20/h7-10H,2-6,11-13H2,1H3. The summed E-state index contributed by atoms with van der Waals surface area (Å²) in [7, 11) is -3.45. The molecule has 0 N–H and O–H groups in total. The van der Waals surface area contributed by atoms with Crippen LogP contribution in [0.1, 0.15) is 42.5 Å². The molecule has 24 heavy (non-hydrogen) atoms. The SMILES string of the molecule is CCc1ccc(S(=O)(=O)N2CCn3c(nc4c3CCCC4)C2)cc1. The molecule has 1 aliphatic heterocycles. The van der Waals surface area contributed by atoms with Crippen LogP contribution in [0.25, 0.3) is 0 Å². The van der Waals surface area contributed by atoms with E-state index in [1.807, 2.05) is 12.1 Å². The molecular weight excluding hydrogens is 322 g/mol. The smallest absolute Gasteiger partial charge is 0.243 e. The lowest BCUT2D eigenvalue weighted by atomic mass is 10.0. The van der Waals surface area contributed by atoms with E-state index >= 15 is 0 Å². The number of fused-ring (bicyclic) bond motifs is 3. The van der Waals surface area contributed by atoms with Crippen molar-refractivity contribution >= 4 is 10.0 Å². The Labute approximate surface area is 143 Å². The zero-order chi connectivity index (χ0) is 16.7. The summed E-state index contributed by atoms with van der Waals surface area (Å²) < 4.78 is 29.7. The molecule has 2 heterocycles. The highest BCUT2D eigenvalue weighted by Gasteiger charge is 2.31. The zero-order valence-electron chi connectivity index (χ0n) is 14.0. The first kappa shape index (κ1) is 15.8. The van der Waals surface area contributed by atoms with Gasteiger partial charge in [-0.1, -0.05) is 19.1 Å². The fraction of sp³-hybridized carbons (Fsp3) is 0.500. The lowest BCUT2D eigenvalue weighted by Gasteiger charge is -2.28. The molecule has 0 radical (unpaired) electrons. The minimum Gasteiger partial charge on any atom is -0.329 e. The van der Waals surface area contributed by atoms with E-state index in [0.717, 1.165) is 30.7 Å². The van der Waals surface area contributed by atoms with Crippen molar-refractivity contribution in [2.75, 3.05) is 6.54 Å². The fourth-order valence-electron chi connectivity index (χ4n) is 3.74. The highest BCUT2D eigenvalue weighted by Crippen LogP contribution is 2.27. The molecule has 2 aromatic rings. The van der Waals surface area contributed by atoms with E-state index in [-0.39, 0.29) is 0 Å². The molecular formula is C18H23N3O2S. The summed E-state index contributed by atoms with van der Waals surface area (Å²) in [6, 6.07) is 7.24. The van der Waals surface area contributed by atoms with Gasteiger partial charge in [-0.3, -0.25) is 0 Å². The molecule has 2 aliphatic rings. The van der Waals surface area contributed by atoms with Crippen LogP contribution in [0.15, 0.2) is 29.2 Å². The average Bonchev–Trinajstić information content (AvgIpc) is 2.99. The van der Waals surface area contributed by atoms with E-state index in [4.69, 9.17) is 4.98 Å². The lowest BCUT2D eigenvalue weighted by Crippen LogP contribution is -2.38. The van der Waals surface area contributed by atoms with Gasteiger partial charge in [0, 0.05) is 18.8 Å². The highest BCUT2D eigenvalue weighted by atomic mass is 32.2. The van der Waals surface area contributed by atoms with Crippen molar-refractivity contribution in [1.82, 2.24) is 13.9 Å². The van der Waals surface area contributed by atoms with Crippen molar-refractivity contribution in [3.63, 3.8) is 0 Å². The van der Waals surface area contributed by atoms with Gasteiger partial charge < -0.3 is 4.57 Å². The van der Waals surface area contributed by atoms with Crippen LogP contribution in [0, 0.1) is 0 Å². The van der Waals surface area contributed by atoms with Gasteiger partial charge in [-0.05, 0) is 49.8 Å². The van der Waals surface area contributed by atoms with Crippen LogP contribution in [-0.4, -0.2) is 28.8 Å². The van der Waals surface area contributed by atoms with Crippen molar-refractivity contribution in [1.29, 1.82) is 0 Å². The number of nitrogens with zero attached hydrogens (tertiary/aromatic N) is 3. The van der Waals surface area contributed by atoms with Crippen molar-refractivity contribution in [3.8, 4) is 0 Å². The molecule has 0 saturated heterocycles. The van der Waals surface area contributed by atoms with Gasteiger partial charge in [-0.15, -0.1) is 0 Å². The molecule has 1 aromatic heterocycles. The predicted octanol–water partition coefficient (Wildman–Crippen LogP) is 2.53. The summed E-state index contributed by atoms with van der Waals surface area (Å²) in [6.45, 7) is 3.68. The fourth-order valence-corrected chi connectivity index (χ4v) is 5.13. The molecule has 0 unspecified atom stereocenters. The molecule has 6 heteroatoms. The number of rotatable bonds is 3. The summed E-state index contributed by atoms with van der Waals surface area (Å²) in [5, 5.41) is 0. The average molecular weight is 345 g/mol. The largest absolute Gasteiger partial charge is 0.329 e. The second kappa shape index (κ2) is 6.01. The molecule has 5 nitrogen and oxygen atoms in total. The minimum atomic E-state index is -3.45. The maximum atomic E-state index is 12.9. The molecule has 0 atom stereocenters. The Morgan fingerprint density at radius 2 is 1.83 bits per heavy atom. The monoisotopic (exact) mass is 345 g/mol. The number of sulfonamides is 1. The third-order valence-electron chi connectivity index (χ3n) is 5.17. The number of aromatic nitrogens is 2. The zero-order valence-corrected chi connectivity index (χ0v) is 14.8. The van der Waals surface area contributed by atoms with Gasteiger partial charge in [-0.25, -0.2) is 13.4 Å². The van der Waals surface area contributed by atoms with Crippen molar-refractivity contribution in [2.45, 2.75) is 57.0 Å². The maximum Gasteiger partial charge on any atom is 0.243 e. The molecule has 4 rings (SSSR count). The Balaban J connectivity index is 1.62. The minimum absolute atomic E-state index is 0.379. The summed E-state index contributed by atoms with van der Waals surface area (Å²) in [5.74, 6) is 0.905. The third-order valence-corrected chi connectivity index (χ3v) is 7.03. The highest BCUT2D eigenvalue weighted by molar-refractivity contribution is 7.89. The van der Waals surface area contributed by atoms with Gasteiger partial charge in [0.25, 0.3) is 0 Å². The quantitative estimate of drug-likeness (QED) is 0.859. The molecule has 128 valence electrons. The molecule has 0 amide bonds. The van der Waals surface area contributed by atoms with Crippen LogP contribution in [0.5, 0.6) is 0 Å². The first-order valence-electron chi connectivity index (χ1n) is 8.76. The van der Waals surface area contributed by atoms with Crippen LogP contribution in [-0.2, 0) is 42.4 Å². The maximum absolute atomic E-state index is 12.9. The Morgan fingerprint density at radius 1 is 1.08 bits per heavy atom. The summed E-state index contributed by atoms with van der Waals surface area (Å²) in [5.41, 5.74) is 3.67. The van der Waals surface area contributed by atoms with E-state index in [1.54, 1.807) is 16.4 Å². The summed E-state index contributed by atoms with van der Waals surface area (Å²) >= 11 is 0. The Morgan fingerprint density at radius 3 is 2.58 bits per heavy atom. The molecule has 0 saturated carbocycles. The van der Waals surface area contributed by atoms with Gasteiger partial charge in [0.05, 0.1) is 17.1 Å². The lowest BCUT2D eigenvalue weighted by molar-refractivity contribution is 0.331. The predicted molar refractivity (Wildman–Crippen MR) is 92.3 cm³/mol. The molecule has 0 spiro atoms. The number of benzene rings is 1. The van der Waals surface area contributed by atoms with E-state index in [0.29, 0.717) is 24.5 Å². The number of hydrogen-bond acceptors (Lipinski definition) is 3. The van der Waals surface area contributed by atoms with Crippen molar-refractivity contribution in [2.24, 2.45) is 0 Å². The Kier molecular flexibility index (Phi) is 3.96. The molecule has 1 aliphatic carbocycles. The first-order chi connectivity index (χ1) is 11.6. The summed E-state index contributed by atoms with van der Waals surface area (Å²) in [6.07, 6.45) is 5.42. The molecule has 0 fully saturated rings. The van der Waals surface area contributed by atoms with Crippen LogP contribution in [0.3, 0.4) is 0 Å². The van der Waals surface area contributed by atoms with E-state index < -0.39 is 10.0 Å². The van der Waals surface area contributed by atoms with Gasteiger partial charge in [-0.2, -0.15) is 4.31 Å². The molecule has 1 aromatic carbocycles. The van der Waals surface area contributed by atoms with E-state index in [9.17, 15) is 8.42 Å². The van der Waals surface area contributed by atoms with E-state index in [1.165, 1.54) is 24.2 Å². The number of hydrogen-bond donors (Lipinski definition) is 0. The normalized spacial score (nSPS) is 18.2. The van der Waals surface area contributed by atoms with Crippen LogP contribution >= 0.6 is 0 Å². The number of imidazole rings is 1. The van der Waals surface area contributed by atoms with Gasteiger partial charge >= 0.3 is 0 Å². The van der Waals surface area contributed by atoms with Crippen LogP contribution in [0.4, 0.5) is 0 Å². The van der Waals surface area contributed by atoms with Crippen molar-refractivity contribution in [3.05, 3.63) is 47.0 Å². The Hall–Kier alpha value is -1.66. The van der Waals surface area contributed by atoms with Crippen LogP contribution < -0.4 is 0 Å². The van der Waals surface area contributed by atoms with Crippen LogP contribution in [0.2, 0.25) is 0 Å². The third kappa shape index (κ3) is 2.58.